The van der Waals surface area contributed by atoms with Gasteiger partial charge >= 0.3 is 5.92 Å². The highest BCUT2D eigenvalue weighted by molar-refractivity contribution is 5.80. The van der Waals surface area contributed by atoms with Crippen LogP contribution < -0.4 is 15.0 Å². The number of nitriles is 1. The molecule has 6 rings (SSSR count). The van der Waals surface area contributed by atoms with Crippen LogP contribution in [0.1, 0.15) is 18.9 Å². The molecule has 3 fully saturated rings. The van der Waals surface area contributed by atoms with Crippen molar-refractivity contribution in [3.05, 3.63) is 60.4 Å². The highest BCUT2D eigenvalue weighted by Gasteiger charge is 2.48. The first-order valence-electron chi connectivity index (χ1n) is 15.0. The Bertz CT molecular complexity index is 1550. The summed E-state index contributed by atoms with van der Waals surface area (Å²) in [5.41, 5.74) is 3.23. The lowest BCUT2D eigenvalue weighted by atomic mass is 10.0. The Morgan fingerprint density at radius 1 is 1.11 bits per heavy atom. The molecule has 1 aromatic heterocycles. The Morgan fingerprint density at radius 3 is 2.51 bits per heavy atom. The number of halogens is 2. The lowest BCUT2D eigenvalue weighted by molar-refractivity contribution is -0.165. The van der Waals surface area contributed by atoms with Gasteiger partial charge in [0, 0.05) is 62.1 Å². The number of piperidine rings is 1. The van der Waals surface area contributed by atoms with E-state index >= 15 is 0 Å². The third-order valence-corrected chi connectivity index (χ3v) is 8.49. The number of carbonyl (C=O) groups excluding carboxylic acids is 1. The van der Waals surface area contributed by atoms with Gasteiger partial charge in [-0.1, -0.05) is 0 Å². The van der Waals surface area contributed by atoms with Crippen molar-refractivity contribution in [2.45, 2.75) is 37.5 Å². The quantitative estimate of drug-likeness (QED) is 0.388. The van der Waals surface area contributed by atoms with E-state index in [1.54, 1.807) is 12.1 Å². The fourth-order valence-electron chi connectivity index (χ4n) is 5.82. The molecule has 4 heterocycles. The molecule has 3 saturated heterocycles. The zero-order valence-electron chi connectivity index (χ0n) is 24.9. The van der Waals surface area contributed by atoms with Crippen LogP contribution in [-0.4, -0.2) is 107 Å². The number of hydrogen-bond donors (Lipinski definition) is 2. The minimum absolute atomic E-state index is 0.0109. The smallest absolute Gasteiger partial charge is 0.301 e. The lowest BCUT2D eigenvalue weighted by Gasteiger charge is -2.43. The van der Waals surface area contributed by atoms with E-state index in [2.05, 4.69) is 37.2 Å². The van der Waals surface area contributed by atoms with E-state index in [-0.39, 0.29) is 24.3 Å². The SMILES string of the molecule is C[C@H](O)C(=O)N1CCC(Oc2ccc(-c3cc(Nc4ccc(N5CCN(C6COC6)CC5)cc4)ncn3)cc2C#N)C(F)(F)C1. The molecule has 3 aromatic rings. The van der Waals surface area contributed by atoms with Crippen molar-refractivity contribution in [3.63, 3.8) is 0 Å². The van der Waals surface area contributed by atoms with Gasteiger partial charge in [-0.05, 0) is 49.4 Å². The van der Waals surface area contributed by atoms with E-state index in [4.69, 9.17) is 9.47 Å². The van der Waals surface area contributed by atoms with Crippen LogP contribution in [0.25, 0.3) is 11.3 Å². The van der Waals surface area contributed by atoms with Crippen molar-refractivity contribution >= 4 is 23.1 Å². The summed E-state index contributed by atoms with van der Waals surface area (Å²) >= 11 is 0. The van der Waals surface area contributed by atoms with Gasteiger partial charge in [-0.15, -0.1) is 0 Å². The van der Waals surface area contributed by atoms with E-state index in [0.29, 0.717) is 23.1 Å². The molecule has 2 aromatic carbocycles. The normalized spacial score (nSPS) is 21.0. The van der Waals surface area contributed by atoms with Gasteiger partial charge < -0.3 is 29.7 Å². The van der Waals surface area contributed by atoms with Gasteiger partial charge in [-0.2, -0.15) is 5.26 Å². The minimum Gasteiger partial charge on any atom is -0.483 e. The summed E-state index contributed by atoms with van der Waals surface area (Å²) in [6.45, 7) is 6.05. The largest absolute Gasteiger partial charge is 0.483 e. The number of rotatable bonds is 8. The van der Waals surface area contributed by atoms with Crippen molar-refractivity contribution < 1.29 is 28.2 Å². The molecule has 13 heteroatoms. The van der Waals surface area contributed by atoms with Gasteiger partial charge in [0.1, 0.15) is 30.1 Å². The molecule has 11 nitrogen and oxygen atoms in total. The maximum Gasteiger partial charge on any atom is 0.301 e. The monoisotopic (exact) mass is 619 g/mol. The Morgan fingerprint density at radius 2 is 1.87 bits per heavy atom. The van der Waals surface area contributed by atoms with Gasteiger partial charge in [-0.25, -0.2) is 18.7 Å². The molecular weight excluding hydrogens is 584 g/mol. The van der Waals surface area contributed by atoms with Crippen LogP contribution >= 0.6 is 0 Å². The number of aliphatic hydroxyl groups excluding tert-OH is 1. The summed E-state index contributed by atoms with van der Waals surface area (Å²) < 4.78 is 40.7. The number of piperazine rings is 1. The molecule has 236 valence electrons. The number of carbonyl (C=O) groups is 1. The summed E-state index contributed by atoms with van der Waals surface area (Å²) in [6, 6.07) is 17.2. The van der Waals surface area contributed by atoms with E-state index < -0.39 is 30.6 Å². The predicted octanol–water partition coefficient (Wildman–Crippen LogP) is 3.28. The number of alkyl halides is 2. The number of likely N-dealkylation sites (tertiary alicyclic amines) is 1. The average molecular weight is 620 g/mol. The summed E-state index contributed by atoms with van der Waals surface area (Å²) in [6.07, 6.45) is -1.62. The Labute approximate surface area is 260 Å². The molecule has 1 unspecified atom stereocenters. The Balaban J connectivity index is 1.09. The molecule has 1 amide bonds. The van der Waals surface area contributed by atoms with Crippen LogP contribution in [0.4, 0.5) is 26.0 Å². The summed E-state index contributed by atoms with van der Waals surface area (Å²) in [5.74, 6) is -3.54. The van der Waals surface area contributed by atoms with Crippen LogP contribution in [0, 0.1) is 11.3 Å². The van der Waals surface area contributed by atoms with Crippen molar-refractivity contribution in [1.29, 1.82) is 5.26 Å². The van der Waals surface area contributed by atoms with E-state index in [0.717, 1.165) is 55.7 Å². The molecular formula is C32H35F2N7O4. The molecule has 2 N–H and O–H groups in total. The van der Waals surface area contributed by atoms with Crippen molar-refractivity contribution in [2.75, 3.05) is 62.7 Å². The van der Waals surface area contributed by atoms with Crippen LogP contribution in [0.15, 0.2) is 54.9 Å². The van der Waals surface area contributed by atoms with E-state index in [1.165, 1.54) is 25.4 Å². The predicted molar refractivity (Wildman–Crippen MR) is 163 cm³/mol. The van der Waals surface area contributed by atoms with Gasteiger partial charge in [0.2, 0.25) is 0 Å². The minimum atomic E-state index is -3.36. The third kappa shape index (κ3) is 6.83. The van der Waals surface area contributed by atoms with E-state index in [1.807, 2.05) is 18.2 Å². The summed E-state index contributed by atoms with van der Waals surface area (Å²) in [7, 11) is 0. The number of nitrogens with zero attached hydrogens (tertiary/aromatic N) is 6. The van der Waals surface area contributed by atoms with Gasteiger partial charge in [0.05, 0.1) is 37.1 Å². The second-order valence-electron chi connectivity index (χ2n) is 11.6. The Kier molecular flexibility index (Phi) is 8.80. The highest BCUT2D eigenvalue weighted by atomic mass is 19.3. The standard InChI is InChI=1S/C32H35F2N7O4/c1-21(42)31(43)41-9-8-29(32(33,34)19-41)45-28-7-2-22(14-23(28)16-35)27-15-30(37-20-36-27)38-24-3-5-25(6-4-24)39-10-12-40(13-11-39)26-17-44-18-26/h2-7,14-15,20-21,26,29,42H,8-13,17-19H2,1H3,(H,36,37,38)/t21-,29?/m0/s1. The first-order valence-corrected chi connectivity index (χ1v) is 15.0. The second-order valence-corrected chi connectivity index (χ2v) is 11.6. The van der Waals surface area contributed by atoms with Crippen molar-refractivity contribution in [2.24, 2.45) is 0 Å². The number of ether oxygens (including phenoxy) is 2. The van der Waals surface area contributed by atoms with E-state index in [9.17, 15) is 23.9 Å². The fourth-order valence-corrected chi connectivity index (χ4v) is 5.82. The maximum atomic E-state index is 14.9. The number of aromatic nitrogens is 2. The number of amides is 1. The van der Waals surface area contributed by atoms with Crippen molar-refractivity contribution in [1.82, 2.24) is 19.8 Å². The number of benzene rings is 2. The lowest BCUT2D eigenvalue weighted by Crippen LogP contribution is -2.56. The molecule has 0 bridgehead atoms. The summed E-state index contributed by atoms with van der Waals surface area (Å²) in [4.78, 5) is 26.5. The molecule has 0 saturated carbocycles. The molecule has 0 radical (unpaired) electrons. The molecule has 2 atom stereocenters. The zero-order chi connectivity index (χ0) is 31.6. The molecule has 45 heavy (non-hydrogen) atoms. The number of anilines is 3. The summed E-state index contributed by atoms with van der Waals surface area (Å²) in [5, 5.41) is 22.6. The maximum absolute atomic E-state index is 14.9. The number of nitrogens with one attached hydrogen (secondary N) is 1. The molecule has 3 aliphatic rings. The van der Waals surface area contributed by atoms with Gasteiger partial charge in [0.15, 0.2) is 6.10 Å². The Hall–Kier alpha value is -4.38. The highest BCUT2D eigenvalue weighted by Crippen LogP contribution is 2.34. The topological polar surface area (TPSA) is 127 Å². The zero-order valence-corrected chi connectivity index (χ0v) is 24.9. The fraction of sp³-hybridized carbons (Fsp3) is 0.438. The molecule has 0 aliphatic carbocycles. The average Bonchev–Trinajstić information content (AvgIpc) is 3.01. The van der Waals surface area contributed by atoms with Crippen LogP contribution in [0.3, 0.4) is 0 Å². The first-order chi connectivity index (χ1) is 21.7. The number of aliphatic hydroxyl groups is 1. The molecule has 3 aliphatic heterocycles. The van der Waals surface area contributed by atoms with Crippen LogP contribution in [0.5, 0.6) is 5.75 Å². The van der Waals surface area contributed by atoms with Gasteiger partial charge in [-0.3, -0.25) is 9.69 Å². The number of hydrogen-bond acceptors (Lipinski definition) is 10. The van der Waals surface area contributed by atoms with Crippen LogP contribution in [0.2, 0.25) is 0 Å². The molecule has 0 spiro atoms. The first kappa shape index (κ1) is 30.6. The van der Waals surface area contributed by atoms with Gasteiger partial charge in [0.25, 0.3) is 5.91 Å². The second kappa shape index (κ2) is 12.9. The van der Waals surface area contributed by atoms with Crippen molar-refractivity contribution in [3.8, 4) is 23.1 Å². The van der Waals surface area contributed by atoms with Crippen LogP contribution in [-0.2, 0) is 9.53 Å². The third-order valence-electron chi connectivity index (χ3n) is 8.49.